The zero-order valence-corrected chi connectivity index (χ0v) is 7.56. The summed E-state index contributed by atoms with van der Waals surface area (Å²) < 4.78 is 36.9. The first kappa shape index (κ1) is 12.5. The van der Waals surface area contributed by atoms with Gasteiger partial charge in [-0.25, -0.2) is 4.79 Å². The number of hydrogen-bond acceptors (Lipinski definition) is 4. The first-order valence-electron chi connectivity index (χ1n) is 3.94. The van der Waals surface area contributed by atoms with Crippen LogP contribution in [-0.2, 0) is 11.0 Å². The molecule has 1 heterocycles. The predicted octanol–water partition coefficient (Wildman–Crippen LogP) is -0.0926. The minimum Gasteiger partial charge on any atom is -0.479 e. The first-order valence-corrected chi connectivity index (χ1v) is 3.94. The van der Waals surface area contributed by atoms with Gasteiger partial charge < -0.3 is 15.3 Å². The Kier molecular flexibility index (Phi) is 3.19. The van der Waals surface area contributed by atoms with Crippen molar-refractivity contribution < 1.29 is 33.3 Å². The van der Waals surface area contributed by atoms with Crippen molar-refractivity contribution in [2.24, 2.45) is 0 Å². The molecule has 16 heavy (non-hydrogen) atoms. The van der Waals surface area contributed by atoms with E-state index in [-0.39, 0.29) is 0 Å². The lowest BCUT2D eigenvalue weighted by molar-refractivity contribution is -0.155. The van der Waals surface area contributed by atoms with Crippen LogP contribution in [-0.4, -0.2) is 37.6 Å². The SMILES string of the molecule is O=C(O)C(O)C(O)c1cn[nH]c1C(F)(F)F. The molecular formula is C7H7F3N2O4. The Morgan fingerprint density at radius 3 is 2.44 bits per heavy atom. The Labute approximate surface area is 86.3 Å². The topological polar surface area (TPSA) is 106 Å². The van der Waals surface area contributed by atoms with Crippen LogP contribution >= 0.6 is 0 Å². The second-order valence-electron chi connectivity index (χ2n) is 2.93. The lowest BCUT2D eigenvalue weighted by Gasteiger charge is -2.15. The van der Waals surface area contributed by atoms with Crippen molar-refractivity contribution in [3.8, 4) is 0 Å². The highest BCUT2D eigenvalue weighted by Gasteiger charge is 2.39. The van der Waals surface area contributed by atoms with Gasteiger partial charge in [0.1, 0.15) is 11.8 Å². The Bertz CT molecular complexity index is 389. The number of aromatic nitrogens is 2. The van der Waals surface area contributed by atoms with Gasteiger partial charge in [0.05, 0.1) is 6.20 Å². The van der Waals surface area contributed by atoms with E-state index >= 15 is 0 Å². The molecule has 0 aliphatic rings. The molecule has 2 atom stereocenters. The highest BCUT2D eigenvalue weighted by atomic mass is 19.4. The molecule has 1 rings (SSSR count). The summed E-state index contributed by atoms with van der Waals surface area (Å²) in [5.74, 6) is -1.83. The van der Waals surface area contributed by atoms with Crippen molar-refractivity contribution in [3.05, 3.63) is 17.5 Å². The van der Waals surface area contributed by atoms with Gasteiger partial charge >= 0.3 is 12.1 Å². The number of carboxylic acid groups (broad SMARTS) is 1. The van der Waals surface area contributed by atoms with Crippen LogP contribution in [0.4, 0.5) is 13.2 Å². The van der Waals surface area contributed by atoms with Crippen molar-refractivity contribution in [1.82, 2.24) is 10.2 Å². The highest BCUT2D eigenvalue weighted by molar-refractivity contribution is 5.73. The zero-order valence-electron chi connectivity index (χ0n) is 7.56. The molecule has 1 aromatic heterocycles. The largest absolute Gasteiger partial charge is 0.479 e. The Morgan fingerprint density at radius 2 is 2.00 bits per heavy atom. The number of aliphatic hydroxyl groups is 2. The summed E-state index contributed by atoms with van der Waals surface area (Å²) >= 11 is 0. The molecule has 0 aliphatic heterocycles. The average molecular weight is 240 g/mol. The molecule has 0 saturated heterocycles. The Balaban J connectivity index is 3.06. The van der Waals surface area contributed by atoms with Crippen LogP contribution in [0.15, 0.2) is 6.20 Å². The lowest BCUT2D eigenvalue weighted by atomic mass is 10.1. The predicted molar refractivity (Wildman–Crippen MR) is 42.2 cm³/mol. The molecule has 0 aromatic carbocycles. The van der Waals surface area contributed by atoms with Crippen molar-refractivity contribution in [3.63, 3.8) is 0 Å². The van der Waals surface area contributed by atoms with E-state index < -0.39 is 35.6 Å². The summed E-state index contributed by atoms with van der Waals surface area (Å²) in [5, 5.41) is 31.0. The number of carbonyl (C=O) groups is 1. The maximum atomic E-state index is 12.3. The summed E-state index contributed by atoms with van der Waals surface area (Å²) in [7, 11) is 0. The Hall–Kier alpha value is -1.61. The van der Waals surface area contributed by atoms with Gasteiger partial charge in [-0.2, -0.15) is 18.3 Å². The fourth-order valence-electron chi connectivity index (χ4n) is 1.05. The normalized spacial score (nSPS) is 15.8. The number of aliphatic hydroxyl groups excluding tert-OH is 2. The standard InChI is InChI=1S/C7H7F3N2O4/c8-7(9,10)5-2(1-11-12-5)3(13)4(14)6(15)16/h1,3-4,13-14H,(H,11,12)(H,15,16). The van der Waals surface area contributed by atoms with Crippen LogP contribution in [0, 0.1) is 0 Å². The molecular weight excluding hydrogens is 233 g/mol. The lowest BCUT2D eigenvalue weighted by Crippen LogP contribution is -2.28. The van der Waals surface area contributed by atoms with Crippen molar-refractivity contribution in [2.75, 3.05) is 0 Å². The van der Waals surface area contributed by atoms with E-state index in [4.69, 9.17) is 10.2 Å². The van der Waals surface area contributed by atoms with Gasteiger partial charge in [0, 0.05) is 5.56 Å². The second kappa shape index (κ2) is 4.10. The number of nitrogens with zero attached hydrogens (tertiary/aromatic N) is 1. The number of rotatable bonds is 3. The summed E-state index contributed by atoms with van der Waals surface area (Å²) in [6.07, 6.45) is -8.75. The van der Waals surface area contributed by atoms with E-state index in [0.29, 0.717) is 6.20 Å². The molecule has 1 aromatic rings. The van der Waals surface area contributed by atoms with Crippen LogP contribution in [0.5, 0.6) is 0 Å². The maximum Gasteiger partial charge on any atom is 0.433 e. The van der Waals surface area contributed by atoms with E-state index in [9.17, 15) is 23.1 Å². The second-order valence-corrected chi connectivity index (χ2v) is 2.93. The molecule has 6 nitrogen and oxygen atoms in total. The number of aromatic amines is 1. The molecule has 90 valence electrons. The van der Waals surface area contributed by atoms with Gasteiger partial charge in [-0.15, -0.1) is 0 Å². The van der Waals surface area contributed by atoms with Crippen molar-refractivity contribution in [2.45, 2.75) is 18.4 Å². The minimum absolute atomic E-state index is 0.611. The summed E-state index contributed by atoms with van der Waals surface area (Å²) in [5.41, 5.74) is -2.21. The van der Waals surface area contributed by atoms with Gasteiger partial charge in [0.25, 0.3) is 0 Å². The maximum absolute atomic E-state index is 12.3. The smallest absolute Gasteiger partial charge is 0.433 e. The number of H-pyrrole nitrogens is 1. The van der Waals surface area contributed by atoms with Gasteiger partial charge in [0.2, 0.25) is 0 Å². The molecule has 4 N–H and O–H groups in total. The summed E-state index contributed by atoms with van der Waals surface area (Å²) in [6, 6.07) is 0. The van der Waals surface area contributed by atoms with Crippen molar-refractivity contribution >= 4 is 5.97 Å². The van der Waals surface area contributed by atoms with E-state index in [1.54, 1.807) is 5.10 Å². The van der Waals surface area contributed by atoms with Crippen LogP contribution in [0.1, 0.15) is 17.4 Å². The van der Waals surface area contributed by atoms with Crippen LogP contribution in [0.25, 0.3) is 0 Å². The van der Waals surface area contributed by atoms with E-state index in [1.165, 1.54) is 0 Å². The van der Waals surface area contributed by atoms with E-state index in [0.717, 1.165) is 0 Å². The number of carboxylic acids is 1. The first-order chi connectivity index (χ1) is 7.25. The highest BCUT2D eigenvalue weighted by Crippen LogP contribution is 2.33. The summed E-state index contributed by atoms with van der Waals surface area (Å²) in [6.45, 7) is 0. The van der Waals surface area contributed by atoms with E-state index in [1.807, 2.05) is 0 Å². The molecule has 0 spiro atoms. The van der Waals surface area contributed by atoms with E-state index in [2.05, 4.69) is 5.10 Å². The Morgan fingerprint density at radius 1 is 1.44 bits per heavy atom. The van der Waals surface area contributed by atoms with Crippen LogP contribution in [0.2, 0.25) is 0 Å². The summed E-state index contributed by atoms with van der Waals surface area (Å²) in [4.78, 5) is 10.3. The number of hydrogen-bond donors (Lipinski definition) is 4. The monoisotopic (exact) mass is 240 g/mol. The van der Waals surface area contributed by atoms with Gasteiger partial charge in [-0.05, 0) is 0 Å². The zero-order chi connectivity index (χ0) is 12.5. The molecule has 9 heteroatoms. The third-order valence-electron chi connectivity index (χ3n) is 1.82. The van der Waals surface area contributed by atoms with Gasteiger partial charge in [-0.3, -0.25) is 5.10 Å². The van der Waals surface area contributed by atoms with Crippen molar-refractivity contribution in [1.29, 1.82) is 0 Å². The van der Waals surface area contributed by atoms with Crippen LogP contribution < -0.4 is 0 Å². The number of nitrogens with one attached hydrogen (secondary N) is 1. The fourth-order valence-corrected chi connectivity index (χ4v) is 1.05. The molecule has 0 fully saturated rings. The van der Waals surface area contributed by atoms with Gasteiger partial charge in [0.15, 0.2) is 6.10 Å². The number of halogens is 3. The quantitative estimate of drug-likeness (QED) is 0.590. The van der Waals surface area contributed by atoms with Crippen LogP contribution in [0.3, 0.4) is 0 Å². The molecule has 0 bridgehead atoms. The molecule has 0 saturated carbocycles. The average Bonchev–Trinajstić information content (AvgIpc) is 2.62. The molecule has 0 aliphatic carbocycles. The fraction of sp³-hybridized carbons (Fsp3) is 0.429. The van der Waals surface area contributed by atoms with Gasteiger partial charge in [-0.1, -0.05) is 0 Å². The molecule has 2 unspecified atom stereocenters. The minimum atomic E-state index is -4.81. The molecule has 0 radical (unpaired) electrons. The number of alkyl halides is 3. The third kappa shape index (κ3) is 2.31. The molecule has 0 amide bonds. The third-order valence-corrected chi connectivity index (χ3v) is 1.82. The number of aliphatic carboxylic acids is 1.